The fourth-order valence-electron chi connectivity index (χ4n) is 3.05. The summed E-state index contributed by atoms with van der Waals surface area (Å²) in [4.78, 5) is 2.63. The van der Waals surface area contributed by atoms with Gasteiger partial charge in [0.05, 0.1) is 0 Å². The number of halogens is 1. The van der Waals surface area contributed by atoms with Gasteiger partial charge in [0.15, 0.2) is 0 Å². The van der Waals surface area contributed by atoms with Gasteiger partial charge in [0, 0.05) is 41.9 Å². The molecule has 0 atom stereocenters. The Balaban J connectivity index is 1.54. The molecule has 1 aromatic rings. The molecule has 0 heterocycles. The van der Waals surface area contributed by atoms with Crippen molar-refractivity contribution in [2.24, 2.45) is 11.8 Å². The summed E-state index contributed by atoms with van der Waals surface area (Å²) in [7, 11) is 0. The van der Waals surface area contributed by atoms with Crippen LogP contribution in [0, 0.1) is 11.8 Å². The molecule has 0 aliphatic heterocycles. The molecule has 1 aromatic carbocycles. The molecule has 0 radical (unpaired) electrons. The van der Waals surface area contributed by atoms with Gasteiger partial charge in [-0.1, -0.05) is 17.7 Å². The number of hydrogen-bond donors (Lipinski definition) is 1. The normalized spacial score (nSPS) is 21.6. The van der Waals surface area contributed by atoms with Gasteiger partial charge in [-0.15, -0.1) is 0 Å². The third-order valence-corrected chi connectivity index (χ3v) is 5.28. The maximum atomic E-state index is 6.52. The average Bonchev–Trinajstić information content (AvgIpc) is 3.33. The molecule has 114 valence electrons. The van der Waals surface area contributed by atoms with Crippen molar-refractivity contribution in [2.75, 3.05) is 18.0 Å². The van der Waals surface area contributed by atoms with E-state index in [0.717, 1.165) is 29.4 Å². The SMILES string of the molecule is Clc1cccc(N(CC2CC2)CC2CC2)c1CNC1CC1. The highest BCUT2D eigenvalue weighted by molar-refractivity contribution is 6.31. The molecule has 3 aliphatic carbocycles. The number of benzene rings is 1. The van der Waals surface area contributed by atoms with Crippen LogP contribution < -0.4 is 10.2 Å². The first-order valence-electron chi connectivity index (χ1n) is 8.55. The Bertz CT molecular complexity index is 490. The van der Waals surface area contributed by atoms with Gasteiger partial charge in [-0.2, -0.15) is 0 Å². The van der Waals surface area contributed by atoms with Crippen LogP contribution in [0.25, 0.3) is 0 Å². The molecule has 0 bridgehead atoms. The van der Waals surface area contributed by atoms with Crippen LogP contribution in [-0.2, 0) is 6.54 Å². The Morgan fingerprint density at radius 1 is 1.00 bits per heavy atom. The minimum absolute atomic E-state index is 0.731. The van der Waals surface area contributed by atoms with Crippen LogP contribution in [0.3, 0.4) is 0 Å². The summed E-state index contributed by atoms with van der Waals surface area (Å²) in [5.41, 5.74) is 2.70. The lowest BCUT2D eigenvalue weighted by molar-refractivity contribution is 0.659. The first-order chi connectivity index (χ1) is 10.3. The Morgan fingerprint density at radius 3 is 2.24 bits per heavy atom. The third kappa shape index (κ3) is 3.73. The first kappa shape index (κ1) is 13.9. The van der Waals surface area contributed by atoms with E-state index in [0.29, 0.717) is 0 Å². The zero-order valence-electron chi connectivity index (χ0n) is 12.7. The van der Waals surface area contributed by atoms with Gasteiger partial charge in [-0.05, 0) is 62.5 Å². The molecule has 3 saturated carbocycles. The Labute approximate surface area is 132 Å². The fraction of sp³-hybridized carbons (Fsp3) is 0.667. The molecule has 0 unspecified atom stereocenters. The average molecular weight is 305 g/mol. The fourth-order valence-corrected chi connectivity index (χ4v) is 3.28. The number of rotatable bonds is 8. The number of anilines is 1. The Morgan fingerprint density at radius 2 is 1.67 bits per heavy atom. The van der Waals surface area contributed by atoms with Crippen molar-refractivity contribution in [2.45, 2.75) is 51.1 Å². The Hall–Kier alpha value is -0.730. The van der Waals surface area contributed by atoms with Gasteiger partial charge < -0.3 is 10.2 Å². The molecular weight excluding hydrogens is 280 g/mol. The zero-order valence-corrected chi connectivity index (χ0v) is 13.4. The largest absolute Gasteiger partial charge is 0.371 e. The second kappa shape index (κ2) is 5.81. The van der Waals surface area contributed by atoms with E-state index >= 15 is 0 Å². The number of nitrogens with zero attached hydrogens (tertiary/aromatic N) is 1. The van der Waals surface area contributed by atoms with E-state index in [2.05, 4.69) is 22.3 Å². The molecule has 1 N–H and O–H groups in total. The maximum Gasteiger partial charge on any atom is 0.0471 e. The van der Waals surface area contributed by atoms with E-state index in [9.17, 15) is 0 Å². The first-order valence-corrected chi connectivity index (χ1v) is 8.93. The monoisotopic (exact) mass is 304 g/mol. The number of hydrogen-bond acceptors (Lipinski definition) is 2. The molecule has 0 aromatic heterocycles. The molecule has 3 fully saturated rings. The summed E-state index contributed by atoms with van der Waals surface area (Å²) in [6.07, 6.45) is 8.31. The summed E-state index contributed by atoms with van der Waals surface area (Å²) in [6.45, 7) is 3.38. The second-order valence-electron chi connectivity index (χ2n) is 7.18. The van der Waals surface area contributed by atoms with Crippen LogP contribution in [0.5, 0.6) is 0 Å². The van der Waals surface area contributed by atoms with Gasteiger partial charge >= 0.3 is 0 Å². The lowest BCUT2D eigenvalue weighted by Crippen LogP contribution is -2.30. The lowest BCUT2D eigenvalue weighted by Gasteiger charge is -2.28. The molecule has 4 rings (SSSR count). The van der Waals surface area contributed by atoms with Gasteiger partial charge in [-0.3, -0.25) is 0 Å². The van der Waals surface area contributed by atoms with Crippen molar-refractivity contribution in [3.8, 4) is 0 Å². The summed E-state index contributed by atoms with van der Waals surface area (Å²) in [6, 6.07) is 7.17. The highest BCUT2D eigenvalue weighted by Crippen LogP contribution is 2.38. The molecular formula is C18H25ClN2. The predicted molar refractivity (Wildman–Crippen MR) is 89.0 cm³/mol. The van der Waals surface area contributed by atoms with Crippen LogP contribution >= 0.6 is 11.6 Å². The molecule has 2 nitrogen and oxygen atoms in total. The summed E-state index contributed by atoms with van der Waals surface area (Å²) in [5, 5.41) is 4.56. The lowest BCUT2D eigenvalue weighted by atomic mass is 10.1. The van der Waals surface area contributed by atoms with Crippen molar-refractivity contribution in [3.05, 3.63) is 28.8 Å². The van der Waals surface area contributed by atoms with Crippen LogP contribution in [0.15, 0.2) is 18.2 Å². The van der Waals surface area contributed by atoms with Gasteiger partial charge in [0.25, 0.3) is 0 Å². The molecule has 3 aliphatic rings. The standard InChI is InChI=1S/C18H25ClN2/c19-17-2-1-3-18(16(17)10-20-15-8-9-15)21(11-13-4-5-13)12-14-6-7-14/h1-3,13-15,20H,4-12H2. The minimum atomic E-state index is 0.731. The van der Waals surface area contributed by atoms with E-state index < -0.39 is 0 Å². The quantitative estimate of drug-likeness (QED) is 0.773. The summed E-state index contributed by atoms with van der Waals surface area (Å²) in [5.74, 6) is 1.85. The van der Waals surface area contributed by atoms with Crippen LogP contribution in [0.1, 0.15) is 44.1 Å². The molecule has 3 heteroatoms. The highest BCUT2D eigenvalue weighted by atomic mass is 35.5. The summed E-state index contributed by atoms with van der Waals surface area (Å²) >= 11 is 6.52. The topological polar surface area (TPSA) is 15.3 Å². The molecule has 0 saturated heterocycles. The Kier molecular flexibility index (Phi) is 3.85. The third-order valence-electron chi connectivity index (χ3n) is 4.93. The van der Waals surface area contributed by atoms with Crippen molar-refractivity contribution < 1.29 is 0 Å². The van der Waals surface area contributed by atoms with Gasteiger partial charge in [0.1, 0.15) is 0 Å². The van der Waals surface area contributed by atoms with Crippen molar-refractivity contribution in [3.63, 3.8) is 0 Å². The summed E-state index contributed by atoms with van der Waals surface area (Å²) < 4.78 is 0. The van der Waals surface area contributed by atoms with Crippen molar-refractivity contribution in [1.82, 2.24) is 5.32 Å². The van der Waals surface area contributed by atoms with E-state index in [1.54, 1.807) is 0 Å². The van der Waals surface area contributed by atoms with Crippen LogP contribution in [0.2, 0.25) is 5.02 Å². The van der Waals surface area contributed by atoms with Gasteiger partial charge in [-0.25, -0.2) is 0 Å². The van der Waals surface area contributed by atoms with Crippen molar-refractivity contribution >= 4 is 17.3 Å². The molecule has 0 spiro atoms. The molecule has 0 amide bonds. The second-order valence-corrected chi connectivity index (χ2v) is 7.59. The van der Waals surface area contributed by atoms with Crippen LogP contribution in [-0.4, -0.2) is 19.1 Å². The minimum Gasteiger partial charge on any atom is -0.371 e. The number of nitrogens with one attached hydrogen (secondary N) is 1. The van der Waals surface area contributed by atoms with E-state index in [1.165, 1.54) is 62.9 Å². The maximum absolute atomic E-state index is 6.52. The zero-order chi connectivity index (χ0) is 14.2. The molecule has 21 heavy (non-hydrogen) atoms. The van der Waals surface area contributed by atoms with Crippen LogP contribution in [0.4, 0.5) is 5.69 Å². The predicted octanol–water partition coefficient (Wildman–Crippen LogP) is 4.22. The highest BCUT2D eigenvalue weighted by Gasteiger charge is 2.30. The van der Waals surface area contributed by atoms with Gasteiger partial charge in [0.2, 0.25) is 0 Å². The van der Waals surface area contributed by atoms with E-state index in [4.69, 9.17) is 11.6 Å². The van der Waals surface area contributed by atoms with Crippen molar-refractivity contribution in [1.29, 1.82) is 0 Å². The van der Waals surface area contributed by atoms with E-state index in [1.807, 2.05) is 6.07 Å². The smallest absolute Gasteiger partial charge is 0.0471 e. The van der Waals surface area contributed by atoms with E-state index in [-0.39, 0.29) is 0 Å².